The summed E-state index contributed by atoms with van der Waals surface area (Å²) in [6.07, 6.45) is 0. The van der Waals surface area contributed by atoms with Gasteiger partial charge in [-0.1, -0.05) is 34.1 Å². The quantitative estimate of drug-likeness (QED) is 0.862. The van der Waals surface area contributed by atoms with Crippen LogP contribution in [0.25, 0.3) is 0 Å². The van der Waals surface area contributed by atoms with Gasteiger partial charge in [-0.05, 0) is 19.9 Å². The van der Waals surface area contributed by atoms with Gasteiger partial charge in [0.2, 0.25) is 0 Å². The molecule has 0 bridgehead atoms. The molecular weight excluding hydrogens is 312 g/mol. The van der Waals surface area contributed by atoms with E-state index in [1.165, 1.54) is 6.92 Å². The van der Waals surface area contributed by atoms with E-state index in [1.54, 1.807) is 25.1 Å². The lowest BCUT2D eigenvalue weighted by Gasteiger charge is -2.23. The summed E-state index contributed by atoms with van der Waals surface area (Å²) in [5.41, 5.74) is -0.480. The summed E-state index contributed by atoms with van der Waals surface area (Å²) in [7, 11) is 0. The maximum Gasteiger partial charge on any atom is 0.325 e. The number of hydrogen-bond acceptors (Lipinski definition) is 3. The molecule has 1 fully saturated rings. The average Bonchev–Trinajstić information content (AvgIpc) is 2.54. The van der Waals surface area contributed by atoms with Crippen LogP contribution in [0.1, 0.15) is 19.4 Å². The number of Topliss-reactive ketones (excluding diaryl/α,β-unsaturated/α-hetero) is 1. The lowest BCUT2D eigenvalue weighted by Crippen LogP contribution is -2.41. The number of amides is 3. The first-order chi connectivity index (χ1) is 8.86. The highest BCUT2D eigenvalue weighted by Crippen LogP contribution is 2.33. The van der Waals surface area contributed by atoms with Crippen molar-refractivity contribution < 1.29 is 14.4 Å². The largest absolute Gasteiger partial charge is 0.325 e. The van der Waals surface area contributed by atoms with Gasteiger partial charge >= 0.3 is 6.03 Å². The molecule has 6 heteroatoms. The van der Waals surface area contributed by atoms with Gasteiger partial charge < -0.3 is 5.32 Å². The zero-order valence-corrected chi connectivity index (χ0v) is 12.2. The molecule has 5 nitrogen and oxygen atoms in total. The molecule has 1 atom stereocenters. The summed E-state index contributed by atoms with van der Waals surface area (Å²) < 4.78 is 0.732. The van der Waals surface area contributed by atoms with Crippen LogP contribution in [-0.4, -0.2) is 29.2 Å². The first-order valence-electron chi connectivity index (χ1n) is 5.75. The summed E-state index contributed by atoms with van der Waals surface area (Å²) in [6.45, 7) is 2.77. The Kier molecular flexibility index (Phi) is 3.45. The lowest BCUT2D eigenvalue weighted by molar-refractivity contribution is -0.133. The van der Waals surface area contributed by atoms with E-state index >= 15 is 0 Å². The number of ketones is 1. The van der Waals surface area contributed by atoms with Crippen molar-refractivity contribution in [3.8, 4) is 0 Å². The highest BCUT2D eigenvalue weighted by Gasteiger charge is 2.49. The monoisotopic (exact) mass is 324 g/mol. The molecule has 1 aromatic carbocycles. The lowest BCUT2D eigenvalue weighted by atomic mass is 9.92. The van der Waals surface area contributed by atoms with Crippen molar-refractivity contribution in [3.05, 3.63) is 34.3 Å². The molecule has 1 aliphatic rings. The highest BCUT2D eigenvalue weighted by molar-refractivity contribution is 9.10. The van der Waals surface area contributed by atoms with Gasteiger partial charge in [-0.3, -0.25) is 14.5 Å². The van der Waals surface area contributed by atoms with Gasteiger partial charge in [0, 0.05) is 10.0 Å². The number of hydrogen-bond donors (Lipinski definition) is 1. The van der Waals surface area contributed by atoms with E-state index in [-0.39, 0.29) is 12.3 Å². The van der Waals surface area contributed by atoms with Crippen molar-refractivity contribution in [3.63, 3.8) is 0 Å². The van der Waals surface area contributed by atoms with Crippen molar-refractivity contribution in [2.45, 2.75) is 19.4 Å². The van der Waals surface area contributed by atoms with Crippen molar-refractivity contribution in [1.82, 2.24) is 10.2 Å². The second-order valence-corrected chi connectivity index (χ2v) is 5.48. The van der Waals surface area contributed by atoms with Crippen molar-refractivity contribution in [1.29, 1.82) is 0 Å². The van der Waals surface area contributed by atoms with Crippen LogP contribution < -0.4 is 5.32 Å². The zero-order chi connectivity index (χ0) is 14.2. The van der Waals surface area contributed by atoms with Crippen molar-refractivity contribution in [2.75, 3.05) is 6.54 Å². The van der Waals surface area contributed by atoms with Crippen LogP contribution in [0, 0.1) is 0 Å². The van der Waals surface area contributed by atoms with Gasteiger partial charge in [0.1, 0.15) is 11.3 Å². The maximum atomic E-state index is 12.4. The van der Waals surface area contributed by atoms with Crippen LogP contribution in [0.5, 0.6) is 0 Å². The molecule has 0 saturated carbocycles. The Hall–Kier alpha value is -1.69. The minimum Gasteiger partial charge on any atom is -0.319 e. The Morgan fingerprint density at radius 3 is 2.58 bits per heavy atom. The molecule has 0 aromatic heterocycles. The molecule has 19 heavy (non-hydrogen) atoms. The predicted molar refractivity (Wildman–Crippen MR) is 72.4 cm³/mol. The average molecular weight is 325 g/mol. The Balaban J connectivity index is 2.41. The summed E-state index contributed by atoms with van der Waals surface area (Å²) in [6, 6.07) is 6.63. The third-order valence-corrected chi connectivity index (χ3v) is 3.76. The molecule has 100 valence electrons. The van der Waals surface area contributed by atoms with Gasteiger partial charge in [-0.2, -0.15) is 0 Å². The fourth-order valence-corrected chi connectivity index (χ4v) is 2.79. The number of nitrogens with one attached hydrogen (secondary N) is 1. The number of rotatable bonds is 3. The number of urea groups is 1. The van der Waals surface area contributed by atoms with E-state index in [0.29, 0.717) is 5.56 Å². The first-order valence-corrected chi connectivity index (χ1v) is 6.54. The van der Waals surface area contributed by atoms with Crippen LogP contribution in [0.4, 0.5) is 4.79 Å². The number of imide groups is 1. The number of nitrogens with zero attached hydrogens (tertiary/aromatic N) is 1. The Bertz CT molecular complexity index is 573. The Morgan fingerprint density at radius 1 is 1.37 bits per heavy atom. The fraction of sp³-hybridized carbons (Fsp3) is 0.308. The first kappa shape index (κ1) is 13.7. The summed E-state index contributed by atoms with van der Waals surface area (Å²) in [5, 5.41) is 2.65. The second kappa shape index (κ2) is 4.77. The number of halogens is 1. The van der Waals surface area contributed by atoms with Crippen LogP contribution in [0.2, 0.25) is 0 Å². The van der Waals surface area contributed by atoms with Gasteiger partial charge in [-0.25, -0.2) is 4.79 Å². The van der Waals surface area contributed by atoms with Crippen LogP contribution >= 0.6 is 15.9 Å². The molecule has 0 spiro atoms. The van der Waals surface area contributed by atoms with Gasteiger partial charge in [0.05, 0.1) is 6.54 Å². The van der Waals surface area contributed by atoms with Crippen LogP contribution in [0.15, 0.2) is 28.7 Å². The Labute approximate surface area is 119 Å². The molecule has 3 amide bonds. The molecule has 1 aromatic rings. The number of carbonyl (C=O) groups is 3. The highest BCUT2D eigenvalue weighted by atomic mass is 79.9. The van der Waals surface area contributed by atoms with Crippen molar-refractivity contribution in [2.24, 2.45) is 0 Å². The molecule has 1 aliphatic heterocycles. The van der Waals surface area contributed by atoms with Gasteiger partial charge in [-0.15, -0.1) is 0 Å². The molecule has 1 unspecified atom stereocenters. The molecular formula is C13H13BrN2O3. The number of carbonyl (C=O) groups excluding carboxylic acids is 3. The molecule has 1 heterocycles. The van der Waals surface area contributed by atoms with E-state index in [9.17, 15) is 14.4 Å². The van der Waals surface area contributed by atoms with Crippen molar-refractivity contribution >= 4 is 33.7 Å². The SMILES string of the molecule is CC(=O)CN1C(=O)NC(C)(c2ccccc2Br)C1=O. The minimum atomic E-state index is -1.15. The fourth-order valence-electron chi connectivity index (χ4n) is 2.11. The maximum absolute atomic E-state index is 12.4. The van der Waals surface area contributed by atoms with E-state index in [1.807, 2.05) is 6.07 Å². The van der Waals surface area contributed by atoms with E-state index < -0.39 is 17.5 Å². The van der Waals surface area contributed by atoms with Crippen LogP contribution in [0.3, 0.4) is 0 Å². The minimum absolute atomic E-state index is 0.204. The smallest absolute Gasteiger partial charge is 0.319 e. The third-order valence-electron chi connectivity index (χ3n) is 3.07. The molecule has 1 N–H and O–H groups in total. The van der Waals surface area contributed by atoms with E-state index in [4.69, 9.17) is 0 Å². The summed E-state index contributed by atoms with van der Waals surface area (Å²) in [5.74, 6) is -0.653. The van der Waals surface area contributed by atoms with E-state index in [0.717, 1.165) is 9.37 Å². The third kappa shape index (κ3) is 2.28. The van der Waals surface area contributed by atoms with Gasteiger partial charge in [0.15, 0.2) is 0 Å². The summed E-state index contributed by atoms with van der Waals surface area (Å²) >= 11 is 3.37. The number of benzene rings is 1. The second-order valence-electron chi connectivity index (χ2n) is 4.63. The molecule has 0 aliphatic carbocycles. The van der Waals surface area contributed by atoms with Crippen LogP contribution in [-0.2, 0) is 15.1 Å². The molecule has 0 radical (unpaired) electrons. The Morgan fingerprint density at radius 2 is 2.00 bits per heavy atom. The summed E-state index contributed by atoms with van der Waals surface area (Å²) in [4.78, 5) is 36.3. The molecule has 2 rings (SSSR count). The predicted octanol–water partition coefficient (Wildman–Crippen LogP) is 1.81. The standard InChI is InChI=1S/C13H13BrN2O3/c1-8(17)7-16-11(18)13(2,15-12(16)19)9-5-3-4-6-10(9)14/h3-6H,7H2,1-2H3,(H,15,19). The topological polar surface area (TPSA) is 66.5 Å². The van der Waals surface area contributed by atoms with Gasteiger partial charge in [0.25, 0.3) is 5.91 Å². The molecule has 1 saturated heterocycles. The normalized spacial score (nSPS) is 22.6. The van der Waals surface area contributed by atoms with E-state index in [2.05, 4.69) is 21.2 Å². The zero-order valence-electron chi connectivity index (χ0n) is 10.6.